The molecule has 1 aliphatic rings. The minimum Gasteiger partial charge on any atom is -0.268 e. The van der Waals surface area contributed by atoms with Crippen molar-refractivity contribution in [2.45, 2.75) is 0 Å². The second-order valence-corrected chi connectivity index (χ2v) is 7.72. The molecule has 122 valence electrons. The Balaban J connectivity index is 1.69. The van der Waals surface area contributed by atoms with Crippen LogP contribution in [0.2, 0.25) is 5.02 Å². The number of carbonyl (C=O) groups is 1. The number of thioether (sulfide) groups is 1. The fourth-order valence-corrected chi connectivity index (χ4v) is 4.24. The second kappa shape index (κ2) is 6.64. The molecule has 0 aliphatic carbocycles. The van der Waals surface area contributed by atoms with Gasteiger partial charge in [0, 0.05) is 5.02 Å². The largest absolute Gasteiger partial charge is 0.270 e. The van der Waals surface area contributed by atoms with E-state index in [1.165, 1.54) is 22.0 Å². The summed E-state index contributed by atoms with van der Waals surface area (Å²) in [6, 6.07) is 21.4. The Morgan fingerprint density at radius 3 is 2.56 bits per heavy atom. The van der Waals surface area contributed by atoms with Crippen LogP contribution in [0.15, 0.2) is 71.6 Å². The summed E-state index contributed by atoms with van der Waals surface area (Å²) in [7, 11) is 0. The number of fused-ring (bicyclic) bond motifs is 1. The normalized spacial score (nSPS) is 16.2. The van der Waals surface area contributed by atoms with Crippen molar-refractivity contribution in [3.05, 3.63) is 82.2 Å². The Labute approximate surface area is 160 Å². The van der Waals surface area contributed by atoms with Crippen molar-refractivity contribution in [2.24, 2.45) is 0 Å². The summed E-state index contributed by atoms with van der Waals surface area (Å²) in [5.41, 5.74) is 1.67. The predicted molar refractivity (Wildman–Crippen MR) is 111 cm³/mol. The van der Waals surface area contributed by atoms with Crippen LogP contribution in [0.5, 0.6) is 0 Å². The van der Waals surface area contributed by atoms with Crippen LogP contribution >= 0.6 is 35.6 Å². The first-order valence-electron chi connectivity index (χ1n) is 7.64. The van der Waals surface area contributed by atoms with Crippen LogP contribution in [0.4, 0.5) is 5.69 Å². The molecule has 0 radical (unpaired) electrons. The molecule has 1 saturated heterocycles. The molecule has 0 atom stereocenters. The van der Waals surface area contributed by atoms with E-state index in [1.807, 2.05) is 36.4 Å². The van der Waals surface area contributed by atoms with Gasteiger partial charge in [0.1, 0.15) is 0 Å². The van der Waals surface area contributed by atoms with E-state index < -0.39 is 0 Å². The van der Waals surface area contributed by atoms with Crippen LogP contribution in [0, 0.1) is 0 Å². The Morgan fingerprint density at radius 2 is 1.76 bits per heavy atom. The molecule has 0 spiro atoms. The number of rotatable bonds is 2. The average molecular weight is 382 g/mol. The van der Waals surface area contributed by atoms with Gasteiger partial charge in [-0.05, 0) is 46.7 Å². The zero-order valence-corrected chi connectivity index (χ0v) is 15.4. The zero-order valence-electron chi connectivity index (χ0n) is 13.0. The number of nitrogens with zero attached hydrogens (tertiary/aromatic N) is 1. The fourth-order valence-electron chi connectivity index (χ4n) is 2.75. The predicted octanol–water partition coefficient (Wildman–Crippen LogP) is 5.90. The van der Waals surface area contributed by atoms with Crippen LogP contribution in [-0.2, 0) is 4.79 Å². The van der Waals surface area contributed by atoms with Gasteiger partial charge in [-0.25, -0.2) is 0 Å². The van der Waals surface area contributed by atoms with Gasteiger partial charge in [-0.2, -0.15) is 0 Å². The molecule has 0 bridgehead atoms. The fraction of sp³-hybridized carbons (Fsp3) is 0. The molecule has 0 aromatic heterocycles. The van der Waals surface area contributed by atoms with E-state index in [0.717, 1.165) is 10.9 Å². The van der Waals surface area contributed by atoms with Gasteiger partial charge in [0.15, 0.2) is 4.32 Å². The van der Waals surface area contributed by atoms with E-state index >= 15 is 0 Å². The molecule has 1 fully saturated rings. The van der Waals surface area contributed by atoms with Gasteiger partial charge >= 0.3 is 0 Å². The summed E-state index contributed by atoms with van der Waals surface area (Å²) in [5, 5.41) is 2.89. The molecule has 25 heavy (non-hydrogen) atoms. The van der Waals surface area contributed by atoms with Crippen molar-refractivity contribution in [3.8, 4) is 0 Å². The summed E-state index contributed by atoms with van der Waals surface area (Å²) in [6.45, 7) is 0. The molecular formula is C20H12ClNOS2. The van der Waals surface area contributed by atoms with Gasteiger partial charge < -0.3 is 0 Å². The summed E-state index contributed by atoms with van der Waals surface area (Å²) in [4.78, 5) is 14.9. The van der Waals surface area contributed by atoms with Gasteiger partial charge in [0.25, 0.3) is 5.91 Å². The van der Waals surface area contributed by atoms with Gasteiger partial charge in [-0.1, -0.05) is 78.0 Å². The maximum absolute atomic E-state index is 12.8. The molecule has 0 saturated carbocycles. The molecule has 2 nitrogen and oxygen atoms in total. The second-order valence-electron chi connectivity index (χ2n) is 5.60. The third-order valence-corrected chi connectivity index (χ3v) is 5.47. The molecule has 4 rings (SSSR count). The van der Waals surface area contributed by atoms with Gasteiger partial charge in [0.05, 0.1) is 10.6 Å². The highest BCUT2D eigenvalue weighted by Crippen LogP contribution is 2.36. The highest BCUT2D eigenvalue weighted by Gasteiger charge is 2.33. The lowest BCUT2D eigenvalue weighted by atomic mass is 10.1. The third-order valence-electron chi connectivity index (χ3n) is 3.93. The number of carbonyl (C=O) groups excluding carboxylic acids is 1. The molecule has 3 aromatic carbocycles. The summed E-state index contributed by atoms with van der Waals surface area (Å²) in [6.07, 6.45) is 1.89. The molecule has 1 aliphatic heterocycles. The van der Waals surface area contributed by atoms with Crippen LogP contribution in [0.25, 0.3) is 16.8 Å². The number of halogens is 1. The molecule has 1 amide bonds. The SMILES string of the molecule is O=C1/C(=C/c2ccc3ccccc3c2)SC(=S)N1c1cccc(Cl)c1. The van der Waals surface area contributed by atoms with Gasteiger partial charge in [-0.3, -0.25) is 9.69 Å². The van der Waals surface area contributed by atoms with Crippen LogP contribution in [0.1, 0.15) is 5.56 Å². The first-order chi connectivity index (χ1) is 12.1. The quantitative estimate of drug-likeness (QED) is 0.407. The minimum absolute atomic E-state index is 0.120. The molecule has 5 heteroatoms. The van der Waals surface area contributed by atoms with Crippen molar-refractivity contribution >= 4 is 68.3 Å². The first kappa shape index (κ1) is 16.3. The lowest BCUT2D eigenvalue weighted by Gasteiger charge is -2.14. The summed E-state index contributed by atoms with van der Waals surface area (Å²) in [5.74, 6) is -0.120. The Kier molecular flexibility index (Phi) is 4.34. The summed E-state index contributed by atoms with van der Waals surface area (Å²) >= 11 is 12.7. The lowest BCUT2D eigenvalue weighted by Crippen LogP contribution is -2.27. The van der Waals surface area contributed by atoms with E-state index in [9.17, 15) is 4.79 Å². The highest BCUT2D eigenvalue weighted by molar-refractivity contribution is 8.27. The monoisotopic (exact) mass is 381 g/mol. The van der Waals surface area contributed by atoms with Crippen molar-refractivity contribution in [1.82, 2.24) is 0 Å². The topological polar surface area (TPSA) is 20.3 Å². The molecule has 1 heterocycles. The standard InChI is InChI=1S/C20H12ClNOS2/c21-16-6-3-7-17(12-16)22-19(23)18(25-20(22)24)11-13-8-9-14-4-1-2-5-15(14)10-13/h1-12H/b18-11-. The molecule has 0 unspecified atom stereocenters. The number of anilines is 1. The average Bonchev–Trinajstić information content (AvgIpc) is 2.88. The minimum atomic E-state index is -0.120. The lowest BCUT2D eigenvalue weighted by molar-refractivity contribution is -0.113. The number of benzene rings is 3. The number of hydrogen-bond donors (Lipinski definition) is 0. The van der Waals surface area contributed by atoms with E-state index in [0.29, 0.717) is 19.9 Å². The maximum Gasteiger partial charge on any atom is 0.270 e. The molecule has 0 N–H and O–H groups in total. The zero-order chi connectivity index (χ0) is 17.4. The number of thiocarbonyl (C=S) groups is 1. The van der Waals surface area contributed by atoms with Gasteiger partial charge in [0.2, 0.25) is 0 Å². The Bertz CT molecular complexity index is 1040. The van der Waals surface area contributed by atoms with Crippen molar-refractivity contribution in [3.63, 3.8) is 0 Å². The van der Waals surface area contributed by atoms with Crippen LogP contribution < -0.4 is 4.90 Å². The van der Waals surface area contributed by atoms with E-state index in [-0.39, 0.29) is 5.91 Å². The number of amides is 1. The van der Waals surface area contributed by atoms with Crippen LogP contribution in [-0.4, -0.2) is 10.2 Å². The van der Waals surface area contributed by atoms with Crippen molar-refractivity contribution in [1.29, 1.82) is 0 Å². The highest BCUT2D eigenvalue weighted by atomic mass is 35.5. The summed E-state index contributed by atoms with van der Waals surface area (Å²) < 4.78 is 0.513. The van der Waals surface area contributed by atoms with Crippen molar-refractivity contribution < 1.29 is 4.79 Å². The molecule has 3 aromatic rings. The maximum atomic E-state index is 12.8. The number of hydrogen-bond acceptors (Lipinski definition) is 3. The Morgan fingerprint density at radius 1 is 0.960 bits per heavy atom. The first-order valence-corrected chi connectivity index (χ1v) is 9.24. The van der Waals surface area contributed by atoms with E-state index in [4.69, 9.17) is 23.8 Å². The van der Waals surface area contributed by atoms with Crippen molar-refractivity contribution in [2.75, 3.05) is 4.90 Å². The smallest absolute Gasteiger partial charge is 0.268 e. The van der Waals surface area contributed by atoms with Gasteiger partial charge in [-0.15, -0.1) is 0 Å². The third kappa shape index (κ3) is 3.21. The van der Waals surface area contributed by atoms with E-state index in [1.54, 1.807) is 12.1 Å². The Hall–Kier alpha value is -2.14. The molecular weight excluding hydrogens is 370 g/mol. The van der Waals surface area contributed by atoms with E-state index in [2.05, 4.69) is 24.3 Å². The van der Waals surface area contributed by atoms with Crippen LogP contribution in [0.3, 0.4) is 0 Å².